The zero-order valence-electron chi connectivity index (χ0n) is 11.9. The molecule has 0 heterocycles. The monoisotopic (exact) mass is 264 g/mol. The fraction of sp³-hybridized carbons (Fsp3) is 0.316. The number of hydrogen-bond acceptors (Lipinski definition) is 1. The van der Waals surface area contributed by atoms with Crippen LogP contribution in [0.1, 0.15) is 28.7 Å². The number of Topliss-reactive ketones (excluding diaryl/α,β-unsaturated/α-hetero) is 1. The van der Waals surface area contributed by atoms with E-state index in [1.165, 1.54) is 16.7 Å². The number of rotatable bonds is 3. The number of carbonyl (C=O) groups is 1. The van der Waals surface area contributed by atoms with Crippen LogP contribution >= 0.6 is 0 Å². The molecule has 0 aliphatic heterocycles. The fourth-order valence-electron chi connectivity index (χ4n) is 3.14. The zero-order valence-corrected chi connectivity index (χ0v) is 11.9. The third kappa shape index (κ3) is 2.82. The molecule has 102 valence electrons. The van der Waals surface area contributed by atoms with E-state index >= 15 is 0 Å². The molecule has 1 aliphatic rings. The number of hydrogen-bond donors (Lipinski definition) is 0. The lowest BCUT2D eigenvalue weighted by Gasteiger charge is -2.23. The van der Waals surface area contributed by atoms with Crippen LogP contribution in [0.15, 0.2) is 48.5 Å². The molecule has 0 radical (unpaired) electrons. The van der Waals surface area contributed by atoms with Gasteiger partial charge in [-0.2, -0.15) is 0 Å². The Bertz CT molecular complexity index is 627. The van der Waals surface area contributed by atoms with Crippen molar-refractivity contribution in [3.63, 3.8) is 0 Å². The first kappa shape index (κ1) is 13.1. The summed E-state index contributed by atoms with van der Waals surface area (Å²) >= 11 is 0. The third-order valence-corrected chi connectivity index (χ3v) is 4.26. The van der Waals surface area contributed by atoms with Gasteiger partial charge < -0.3 is 0 Å². The summed E-state index contributed by atoms with van der Waals surface area (Å²) in [6.45, 7) is 2.07. The lowest BCUT2D eigenvalue weighted by molar-refractivity contribution is -0.122. The number of carbonyl (C=O) groups excluding carboxylic acids is 1. The average Bonchev–Trinajstić information content (AvgIpc) is 2.47. The molecule has 0 bridgehead atoms. The van der Waals surface area contributed by atoms with Crippen LogP contribution in [0.3, 0.4) is 0 Å². The van der Waals surface area contributed by atoms with Gasteiger partial charge in [0, 0.05) is 12.3 Å². The largest absolute Gasteiger partial charge is 0.299 e. The maximum absolute atomic E-state index is 12.5. The van der Waals surface area contributed by atoms with Gasteiger partial charge in [0.2, 0.25) is 0 Å². The van der Waals surface area contributed by atoms with Crippen LogP contribution in [-0.2, 0) is 24.1 Å². The third-order valence-electron chi connectivity index (χ3n) is 4.26. The summed E-state index contributed by atoms with van der Waals surface area (Å²) in [5.41, 5.74) is 5.16. The van der Waals surface area contributed by atoms with Gasteiger partial charge in [-0.1, -0.05) is 54.1 Å². The van der Waals surface area contributed by atoms with Gasteiger partial charge in [0.15, 0.2) is 0 Å². The Morgan fingerprint density at radius 3 is 2.70 bits per heavy atom. The summed E-state index contributed by atoms with van der Waals surface area (Å²) in [5, 5.41) is 0. The highest BCUT2D eigenvalue weighted by Crippen LogP contribution is 2.26. The molecular weight excluding hydrogens is 244 g/mol. The van der Waals surface area contributed by atoms with Gasteiger partial charge >= 0.3 is 0 Å². The number of fused-ring (bicyclic) bond motifs is 1. The minimum absolute atomic E-state index is 0.199. The molecule has 2 aromatic carbocycles. The highest BCUT2D eigenvalue weighted by atomic mass is 16.1. The van der Waals surface area contributed by atoms with Crippen molar-refractivity contribution in [1.82, 2.24) is 0 Å². The van der Waals surface area contributed by atoms with Gasteiger partial charge in [-0.05, 0) is 42.9 Å². The Hall–Kier alpha value is -1.89. The summed E-state index contributed by atoms with van der Waals surface area (Å²) in [6, 6.07) is 16.8. The summed E-state index contributed by atoms with van der Waals surface area (Å²) in [6.07, 6.45) is 3.54. The molecule has 0 N–H and O–H groups in total. The van der Waals surface area contributed by atoms with E-state index in [1.807, 2.05) is 6.07 Å². The lowest BCUT2D eigenvalue weighted by Crippen LogP contribution is -2.24. The van der Waals surface area contributed by atoms with Gasteiger partial charge in [0.05, 0.1) is 0 Å². The Balaban J connectivity index is 1.70. The van der Waals surface area contributed by atoms with Crippen LogP contribution in [0.4, 0.5) is 0 Å². The Morgan fingerprint density at radius 2 is 1.90 bits per heavy atom. The summed E-state index contributed by atoms with van der Waals surface area (Å²) < 4.78 is 0. The second kappa shape index (κ2) is 5.62. The summed E-state index contributed by atoms with van der Waals surface area (Å²) in [7, 11) is 0. The second-order valence-corrected chi connectivity index (χ2v) is 5.84. The van der Waals surface area contributed by atoms with E-state index in [1.54, 1.807) is 0 Å². The molecule has 0 fully saturated rings. The Kier molecular flexibility index (Phi) is 3.68. The quantitative estimate of drug-likeness (QED) is 0.821. The van der Waals surface area contributed by atoms with Gasteiger partial charge in [-0.15, -0.1) is 0 Å². The molecule has 1 aliphatic carbocycles. The van der Waals surface area contributed by atoms with Crippen molar-refractivity contribution in [2.75, 3.05) is 0 Å². The molecule has 1 atom stereocenters. The van der Waals surface area contributed by atoms with Gasteiger partial charge in [0.25, 0.3) is 0 Å². The van der Waals surface area contributed by atoms with Crippen LogP contribution in [0.5, 0.6) is 0 Å². The summed E-state index contributed by atoms with van der Waals surface area (Å²) in [5.74, 6) is 0.593. The minimum atomic E-state index is 0.199. The van der Waals surface area contributed by atoms with Gasteiger partial charge in [0.1, 0.15) is 5.78 Å². The maximum Gasteiger partial charge on any atom is 0.140 e. The molecule has 0 aromatic heterocycles. The predicted octanol–water partition coefficient (Wildman–Crippen LogP) is 3.91. The molecule has 1 unspecified atom stereocenters. The van der Waals surface area contributed by atoms with Crippen molar-refractivity contribution < 1.29 is 4.79 Å². The number of aryl methyl sites for hydroxylation is 2. The van der Waals surface area contributed by atoms with E-state index in [2.05, 4.69) is 49.4 Å². The molecular formula is C19H20O. The first-order chi connectivity index (χ1) is 9.72. The summed E-state index contributed by atoms with van der Waals surface area (Å²) in [4.78, 5) is 12.5. The molecule has 1 heteroatoms. The van der Waals surface area contributed by atoms with Crippen molar-refractivity contribution in [2.24, 2.45) is 5.92 Å². The fourth-order valence-corrected chi connectivity index (χ4v) is 3.14. The highest BCUT2D eigenvalue weighted by Gasteiger charge is 2.24. The van der Waals surface area contributed by atoms with Gasteiger partial charge in [-0.25, -0.2) is 0 Å². The van der Waals surface area contributed by atoms with E-state index in [0.717, 1.165) is 24.8 Å². The van der Waals surface area contributed by atoms with E-state index in [4.69, 9.17) is 0 Å². The SMILES string of the molecule is Cc1cccc(CC(=O)C2CCc3ccccc3C2)c1. The number of ketones is 1. The van der Waals surface area contributed by atoms with Crippen molar-refractivity contribution in [3.05, 3.63) is 70.8 Å². The normalized spacial score (nSPS) is 17.6. The lowest BCUT2D eigenvalue weighted by atomic mass is 9.80. The van der Waals surface area contributed by atoms with E-state index in [0.29, 0.717) is 12.2 Å². The molecule has 1 nitrogen and oxygen atoms in total. The molecule has 0 spiro atoms. The molecule has 0 saturated heterocycles. The minimum Gasteiger partial charge on any atom is -0.299 e. The smallest absolute Gasteiger partial charge is 0.140 e. The zero-order chi connectivity index (χ0) is 13.9. The molecule has 0 saturated carbocycles. The van der Waals surface area contributed by atoms with E-state index in [9.17, 15) is 4.79 Å². The predicted molar refractivity (Wildman–Crippen MR) is 81.8 cm³/mol. The van der Waals surface area contributed by atoms with Crippen LogP contribution in [0.2, 0.25) is 0 Å². The molecule has 3 rings (SSSR count). The molecule has 2 aromatic rings. The van der Waals surface area contributed by atoms with Crippen LogP contribution < -0.4 is 0 Å². The van der Waals surface area contributed by atoms with Crippen molar-refractivity contribution >= 4 is 5.78 Å². The van der Waals surface area contributed by atoms with E-state index < -0.39 is 0 Å². The van der Waals surface area contributed by atoms with Gasteiger partial charge in [-0.3, -0.25) is 4.79 Å². The van der Waals surface area contributed by atoms with Crippen molar-refractivity contribution in [3.8, 4) is 0 Å². The Labute approximate surface area is 120 Å². The van der Waals surface area contributed by atoms with Crippen LogP contribution in [0.25, 0.3) is 0 Å². The maximum atomic E-state index is 12.5. The second-order valence-electron chi connectivity index (χ2n) is 5.84. The highest BCUT2D eigenvalue weighted by molar-refractivity contribution is 5.83. The average molecular weight is 264 g/mol. The van der Waals surface area contributed by atoms with Crippen LogP contribution in [0, 0.1) is 12.8 Å². The van der Waals surface area contributed by atoms with Crippen LogP contribution in [-0.4, -0.2) is 5.78 Å². The Morgan fingerprint density at radius 1 is 1.10 bits per heavy atom. The van der Waals surface area contributed by atoms with E-state index in [-0.39, 0.29) is 5.92 Å². The topological polar surface area (TPSA) is 17.1 Å². The number of benzene rings is 2. The first-order valence-corrected chi connectivity index (χ1v) is 7.37. The molecule has 0 amide bonds. The van der Waals surface area contributed by atoms with Crippen molar-refractivity contribution in [2.45, 2.75) is 32.6 Å². The molecule has 20 heavy (non-hydrogen) atoms. The first-order valence-electron chi connectivity index (χ1n) is 7.37. The standard InChI is InChI=1S/C19H20O/c1-14-5-4-6-15(11-14)12-19(20)18-10-9-16-7-2-3-8-17(16)13-18/h2-8,11,18H,9-10,12-13H2,1H3. The van der Waals surface area contributed by atoms with Crippen molar-refractivity contribution in [1.29, 1.82) is 0 Å².